The van der Waals surface area contributed by atoms with Crippen LogP contribution in [0.2, 0.25) is 0 Å². The zero-order valence-electron chi connectivity index (χ0n) is 25.5. The van der Waals surface area contributed by atoms with Gasteiger partial charge in [-0.3, -0.25) is 9.89 Å². The third-order valence-electron chi connectivity index (χ3n) is 8.94. The maximum absolute atomic E-state index is 11.5. The molecule has 0 aliphatic carbocycles. The first kappa shape index (κ1) is 28.1. The number of phenols is 1. The summed E-state index contributed by atoms with van der Waals surface area (Å²) in [5, 5.41) is 11.5. The molecule has 0 saturated carbocycles. The minimum atomic E-state index is -0.0676. The third-order valence-corrected chi connectivity index (χ3v) is 8.94. The van der Waals surface area contributed by atoms with Crippen LogP contribution in [0.15, 0.2) is 65.7 Å². The predicted octanol–water partition coefficient (Wildman–Crippen LogP) is 6.68. The maximum Gasteiger partial charge on any atom is 0.202 e. The van der Waals surface area contributed by atoms with Crippen LogP contribution in [0, 0.1) is 0 Å². The van der Waals surface area contributed by atoms with Gasteiger partial charge in [-0.2, -0.15) is 0 Å². The molecular formula is C36H36N2O6. The molecule has 8 nitrogen and oxygen atoms in total. The second kappa shape index (κ2) is 11.4. The van der Waals surface area contributed by atoms with Crippen LogP contribution in [0.4, 0.5) is 0 Å². The van der Waals surface area contributed by atoms with Gasteiger partial charge in [0.2, 0.25) is 5.75 Å². The number of aromatic hydroxyl groups is 1. The van der Waals surface area contributed by atoms with Crippen LogP contribution in [0.5, 0.6) is 46.0 Å². The van der Waals surface area contributed by atoms with Crippen LogP contribution in [0.1, 0.15) is 39.4 Å². The van der Waals surface area contributed by atoms with Gasteiger partial charge in [0.1, 0.15) is 5.75 Å². The quantitative estimate of drug-likeness (QED) is 0.284. The van der Waals surface area contributed by atoms with E-state index in [4.69, 9.17) is 28.7 Å². The summed E-state index contributed by atoms with van der Waals surface area (Å²) in [7, 11) is 7.01. The van der Waals surface area contributed by atoms with Gasteiger partial charge in [-0.25, -0.2) is 0 Å². The van der Waals surface area contributed by atoms with Crippen LogP contribution in [-0.4, -0.2) is 57.2 Å². The first-order valence-electron chi connectivity index (χ1n) is 14.9. The van der Waals surface area contributed by atoms with E-state index in [1.165, 1.54) is 16.7 Å². The summed E-state index contributed by atoms with van der Waals surface area (Å²) >= 11 is 0. The molecule has 1 atom stereocenters. The first-order valence-corrected chi connectivity index (χ1v) is 14.9. The summed E-state index contributed by atoms with van der Waals surface area (Å²) in [6.45, 7) is 1.56. The van der Waals surface area contributed by atoms with E-state index in [1.54, 1.807) is 21.3 Å². The Morgan fingerprint density at radius 1 is 0.795 bits per heavy atom. The van der Waals surface area contributed by atoms with E-state index >= 15 is 0 Å². The lowest BCUT2D eigenvalue weighted by Crippen LogP contribution is -2.33. The number of nitrogens with zero attached hydrogens (tertiary/aromatic N) is 2. The van der Waals surface area contributed by atoms with E-state index in [1.807, 2.05) is 36.4 Å². The molecule has 0 fully saturated rings. The lowest BCUT2D eigenvalue weighted by Gasteiger charge is -2.35. The summed E-state index contributed by atoms with van der Waals surface area (Å²) in [4.78, 5) is 7.32. The summed E-state index contributed by atoms with van der Waals surface area (Å²) < 4.78 is 30.2. The van der Waals surface area contributed by atoms with Gasteiger partial charge in [-0.1, -0.05) is 18.2 Å². The van der Waals surface area contributed by atoms with Crippen LogP contribution in [-0.2, 0) is 25.7 Å². The average Bonchev–Trinajstić information content (AvgIpc) is 3.04. The molecule has 0 saturated heterocycles. The molecule has 44 heavy (non-hydrogen) atoms. The first-order chi connectivity index (χ1) is 21.4. The minimum absolute atomic E-state index is 0.0676. The van der Waals surface area contributed by atoms with Gasteiger partial charge in [0.05, 0.1) is 27.0 Å². The lowest BCUT2D eigenvalue weighted by molar-refractivity contribution is 0.228. The molecule has 4 aliphatic heterocycles. The number of phenolic OH excluding ortho intramolecular Hbond substituents is 1. The van der Waals surface area contributed by atoms with E-state index in [9.17, 15) is 5.11 Å². The van der Waals surface area contributed by atoms with Gasteiger partial charge in [0.25, 0.3) is 0 Å². The van der Waals surface area contributed by atoms with Crippen molar-refractivity contribution in [3.05, 3.63) is 94.0 Å². The molecule has 0 spiro atoms. The molecule has 4 aromatic carbocycles. The average molecular weight is 593 g/mol. The highest BCUT2D eigenvalue weighted by atomic mass is 16.5. The topological polar surface area (TPSA) is 82.0 Å². The van der Waals surface area contributed by atoms with Gasteiger partial charge in [-0.15, -0.1) is 0 Å². The zero-order valence-corrected chi connectivity index (χ0v) is 25.5. The summed E-state index contributed by atoms with van der Waals surface area (Å²) in [5.41, 5.74) is 7.20. The Labute approximate surface area is 257 Å². The molecule has 0 amide bonds. The molecule has 8 heteroatoms. The van der Waals surface area contributed by atoms with Crippen LogP contribution < -0.4 is 23.7 Å². The molecule has 226 valence electrons. The van der Waals surface area contributed by atoms with Crippen molar-refractivity contribution in [1.29, 1.82) is 0 Å². The Morgan fingerprint density at radius 3 is 2.30 bits per heavy atom. The van der Waals surface area contributed by atoms with Gasteiger partial charge < -0.3 is 28.8 Å². The monoisotopic (exact) mass is 592 g/mol. The van der Waals surface area contributed by atoms with Gasteiger partial charge >= 0.3 is 0 Å². The van der Waals surface area contributed by atoms with Gasteiger partial charge in [-0.05, 0) is 96.6 Å². The Kier molecular flexibility index (Phi) is 7.30. The highest BCUT2D eigenvalue weighted by Gasteiger charge is 2.30. The minimum Gasteiger partial charge on any atom is -0.502 e. The summed E-state index contributed by atoms with van der Waals surface area (Å²) in [5.74, 6) is 3.78. The number of hydrogen-bond donors (Lipinski definition) is 1. The normalized spacial score (nSPS) is 17.3. The van der Waals surface area contributed by atoms with Gasteiger partial charge in [0, 0.05) is 31.1 Å². The predicted molar refractivity (Wildman–Crippen MR) is 169 cm³/mol. The highest BCUT2D eigenvalue weighted by molar-refractivity contribution is 6.07. The lowest BCUT2D eigenvalue weighted by atomic mass is 9.88. The Morgan fingerprint density at radius 2 is 1.52 bits per heavy atom. The molecule has 4 aromatic rings. The number of hydrogen-bond acceptors (Lipinski definition) is 8. The molecule has 0 aromatic heterocycles. The second-order valence-corrected chi connectivity index (χ2v) is 11.5. The fraction of sp³-hybridized carbons (Fsp3) is 0.306. The van der Waals surface area contributed by atoms with Crippen molar-refractivity contribution < 1.29 is 28.8 Å². The third kappa shape index (κ3) is 4.99. The molecule has 1 N–H and O–H groups in total. The number of methoxy groups -OCH3 is 3. The number of aliphatic imine (C=N–C) groups is 1. The number of likely N-dealkylation sites (N-methyl/N-ethyl adjacent to an activating group) is 1. The number of rotatable bonds is 3. The van der Waals surface area contributed by atoms with Crippen molar-refractivity contribution in [1.82, 2.24) is 4.90 Å². The van der Waals surface area contributed by atoms with E-state index in [-0.39, 0.29) is 11.8 Å². The molecule has 6 bridgehead atoms. The molecule has 4 aliphatic rings. The van der Waals surface area contributed by atoms with Crippen molar-refractivity contribution in [3.8, 4) is 46.0 Å². The van der Waals surface area contributed by atoms with Crippen molar-refractivity contribution >= 4 is 5.71 Å². The van der Waals surface area contributed by atoms with Crippen LogP contribution >= 0.6 is 0 Å². The fourth-order valence-corrected chi connectivity index (χ4v) is 6.58. The van der Waals surface area contributed by atoms with Gasteiger partial charge in [0.15, 0.2) is 34.5 Å². The standard InChI is InChI=1S/C36H36N2O6/c1-38-14-12-23-18-30(41-3)32-20-26(23)28(38)16-21-5-8-25(9-6-21)43-31-17-22(7-10-29(31)40-2)15-27-34-24(11-13-37-27)19-33(42-4)35(39)36(34)44-32/h5-10,17-20,28,39H,11-16H2,1-4H3. The van der Waals surface area contributed by atoms with Crippen molar-refractivity contribution in [2.45, 2.75) is 31.7 Å². The Balaban J connectivity index is 1.45. The summed E-state index contributed by atoms with van der Waals surface area (Å²) in [6.07, 6.45) is 2.92. The molecule has 0 radical (unpaired) electrons. The fourth-order valence-electron chi connectivity index (χ4n) is 6.58. The van der Waals surface area contributed by atoms with E-state index in [2.05, 4.69) is 36.2 Å². The largest absolute Gasteiger partial charge is 0.502 e. The van der Waals surface area contributed by atoms with Crippen molar-refractivity contribution in [3.63, 3.8) is 0 Å². The van der Waals surface area contributed by atoms with Crippen molar-refractivity contribution in [2.75, 3.05) is 41.5 Å². The molecule has 8 rings (SSSR count). The van der Waals surface area contributed by atoms with Crippen molar-refractivity contribution in [2.24, 2.45) is 4.99 Å². The SMILES string of the molecule is COc1ccc2cc1Oc1ccc(cc1)CC1c3cc(c(OC)cc3CCN1C)Oc1c(O)c(OC)cc3c1C(=NCC3)C2. The Bertz CT molecular complexity index is 1760. The second-order valence-electron chi connectivity index (χ2n) is 11.5. The molecular weight excluding hydrogens is 556 g/mol. The van der Waals surface area contributed by atoms with Crippen LogP contribution in [0.3, 0.4) is 0 Å². The number of ether oxygens (including phenoxy) is 5. The Hall–Kier alpha value is -4.69. The summed E-state index contributed by atoms with van der Waals surface area (Å²) in [6, 6.07) is 20.4. The molecule has 1 unspecified atom stereocenters. The smallest absolute Gasteiger partial charge is 0.202 e. The zero-order chi connectivity index (χ0) is 30.4. The highest BCUT2D eigenvalue weighted by Crippen LogP contribution is 2.48. The van der Waals surface area contributed by atoms with Crippen LogP contribution in [0.25, 0.3) is 0 Å². The molecule has 4 heterocycles. The number of benzene rings is 4. The van der Waals surface area contributed by atoms with E-state index in [0.29, 0.717) is 53.9 Å². The van der Waals surface area contributed by atoms with E-state index in [0.717, 1.165) is 47.5 Å². The maximum atomic E-state index is 11.5. The number of fused-ring (bicyclic) bond motifs is 2. The van der Waals surface area contributed by atoms with E-state index < -0.39 is 0 Å².